The molecule has 8 aliphatic rings. The molecule has 3 aliphatic heterocycles. The first-order valence-electron chi connectivity index (χ1n) is 24.3. The van der Waals surface area contributed by atoms with Crippen molar-refractivity contribution >= 4 is 11.9 Å². The Kier molecular flexibility index (Phi) is 13.8. The van der Waals surface area contributed by atoms with Crippen molar-refractivity contribution in [2.24, 2.45) is 50.2 Å². The molecule has 19 heteroatoms. The van der Waals surface area contributed by atoms with Crippen molar-refractivity contribution in [3.8, 4) is 0 Å². The Morgan fingerprint density at radius 1 is 0.642 bits per heavy atom. The van der Waals surface area contributed by atoms with Crippen molar-refractivity contribution in [2.45, 2.75) is 211 Å². The van der Waals surface area contributed by atoms with E-state index in [0.29, 0.717) is 25.7 Å². The number of aliphatic hydroxyl groups is 10. The van der Waals surface area contributed by atoms with Crippen molar-refractivity contribution in [1.29, 1.82) is 0 Å². The Labute approximate surface area is 391 Å². The number of carboxylic acid groups (broad SMARTS) is 1. The standard InChI is InChI=1S/C48H76O19/c1-43(2)14-16-48(42(61)67-40-34(57)31(54)29(52)24(20-50)63-40)17-15-46(6)21(22(48)18-43)8-9-26-45(5)12-11-27(44(3,4)25(45)10-13-47(26,46)7)64-41-35(58)32(55)36(37(66-41)38(59)60)65-39-33(56)30(53)28(51)23(19-49)62-39/h8,22-37,39-41,49-58H,9-20H2,1-7H3,(H,59,60)/t22-,23+,24+,25+,26+,27-,28+,29+,30-,31-,32+,33+,34+,35+,36-,37-,39-,40-,41+,45-,46+,47+,48-/m0/s1. The molecule has 4 saturated carbocycles. The lowest BCUT2D eigenvalue weighted by Crippen LogP contribution is -2.67. The zero-order valence-electron chi connectivity index (χ0n) is 39.7. The van der Waals surface area contributed by atoms with Gasteiger partial charge in [0.25, 0.3) is 0 Å². The first-order chi connectivity index (χ1) is 31.2. The van der Waals surface area contributed by atoms with E-state index in [9.17, 15) is 65.8 Å². The summed E-state index contributed by atoms with van der Waals surface area (Å²) in [6.07, 6.45) is -16.3. The number of hydrogen-bond donors (Lipinski definition) is 11. The lowest BCUT2D eigenvalue weighted by molar-refractivity contribution is -0.363. The summed E-state index contributed by atoms with van der Waals surface area (Å²) < 4.78 is 35.0. The van der Waals surface area contributed by atoms with E-state index in [2.05, 4.69) is 54.5 Å². The Morgan fingerprint density at radius 2 is 1.21 bits per heavy atom. The van der Waals surface area contributed by atoms with E-state index < -0.39 is 134 Å². The van der Waals surface area contributed by atoms with Gasteiger partial charge in [-0.2, -0.15) is 0 Å². The molecule has 382 valence electrons. The molecule has 23 atom stereocenters. The van der Waals surface area contributed by atoms with Gasteiger partial charge in [0, 0.05) is 0 Å². The maximum absolute atomic E-state index is 14.7. The second-order valence-corrected chi connectivity index (χ2v) is 23.5. The quantitative estimate of drug-likeness (QED) is 0.0838. The van der Waals surface area contributed by atoms with E-state index in [1.165, 1.54) is 5.57 Å². The molecule has 5 aliphatic carbocycles. The Bertz CT molecular complexity index is 1870. The van der Waals surface area contributed by atoms with Crippen LogP contribution >= 0.6 is 0 Å². The maximum Gasteiger partial charge on any atom is 0.335 e. The molecule has 0 spiro atoms. The first kappa shape index (κ1) is 51.4. The molecule has 0 aromatic carbocycles. The lowest BCUT2D eigenvalue weighted by Gasteiger charge is -2.71. The minimum absolute atomic E-state index is 0.0745. The summed E-state index contributed by atoms with van der Waals surface area (Å²) in [5.41, 5.74) is -0.914. The van der Waals surface area contributed by atoms with E-state index in [-0.39, 0.29) is 39.4 Å². The number of rotatable bonds is 9. The van der Waals surface area contributed by atoms with Gasteiger partial charge < -0.3 is 84.6 Å². The monoisotopic (exact) mass is 956 g/mol. The van der Waals surface area contributed by atoms with Gasteiger partial charge in [-0.3, -0.25) is 4.79 Å². The van der Waals surface area contributed by atoms with Gasteiger partial charge in [0.1, 0.15) is 67.1 Å². The van der Waals surface area contributed by atoms with Crippen LogP contribution in [-0.4, -0.2) is 180 Å². The van der Waals surface area contributed by atoms with Gasteiger partial charge in [-0.05, 0) is 109 Å². The number of esters is 1. The SMILES string of the molecule is CC1(C)CC[C@]2(C(=O)O[C@@H]3O[C@H](CO)[C@@H](O)[C@H](O)[C@H]3O)CC[C@]3(C)C(=CC[C@@H]4[C@@]5(C)CC[C@H](O[C@@H]6O[C@H](C(=O)O)[C@@H](O[C@@H]7O[C@H](CO)[C@@H](O)[C@H](O)[C@H]7O)[C@H](O)[C@H]6O)C(C)(C)[C@H]5CC[C@]43C)[C@@H]2C1. The van der Waals surface area contributed by atoms with Crippen LogP contribution in [0.4, 0.5) is 0 Å². The van der Waals surface area contributed by atoms with Gasteiger partial charge in [0.05, 0.1) is 24.7 Å². The average Bonchev–Trinajstić information content (AvgIpc) is 3.26. The van der Waals surface area contributed by atoms with Crippen molar-refractivity contribution in [1.82, 2.24) is 0 Å². The maximum atomic E-state index is 14.7. The molecular weight excluding hydrogens is 881 g/mol. The summed E-state index contributed by atoms with van der Waals surface area (Å²) in [7, 11) is 0. The highest BCUT2D eigenvalue weighted by Gasteiger charge is 2.70. The Morgan fingerprint density at radius 3 is 1.82 bits per heavy atom. The van der Waals surface area contributed by atoms with Gasteiger partial charge in [-0.15, -0.1) is 0 Å². The lowest BCUT2D eigenvalue weighted by atomic mass is 9.33. The zero-order chi connectivity index (χ0) is 49.1. The Balaban J connectivity index is 1.01. The van der Waals surface area contributed by atoms with E-state index in [1.54, 1.807) is 0 Å². The largest absolute Gasteiger partial charge is 0.479 e. The molecule has 19 nitrogen and oxygen atoms in total. The predicted octanol–water partition coefficient (Wildman–Crippen LogP) is 0.233. The molecule has 0 unspecified atom stereocenters. The topological polar surface area (TPSA) is 312 Å². The van der Waals surface area contributed by atoms with Gasteiger partial charge >= 0.3 is 11.9 Å². The van der Waals surface area contributed by atoms with Gasteiger partial charge in [-0.25, -0.2) is 4.79 Å². The van der Waals surface area contributed by atoms with Crippen LogP contribution < -0.4 is 0 Å². The molecule has 3 heterocycles. The average molecular weight is 957 g/mol. The molecule has 0 aromatic heterocycles. The minimum Gasteiger partial charge on any atom is -0.479 e. The van der Waals surface area contributed by atoms with E-state index >= 15 is 0 Å². The first-order valence-corrected chi connectivity index (χ1v) is 24.3. The molecule has 0 radical (unpaired) electrons. The molecule has 8 rings (SSSR count). The second kappa shape index (κ2) is 18.0. The minimum atomic E-state index is -1.91. The fourth-order valence-corrected chi connectivity index (χ4v) is 15.0. The molecular formula is C48H76O19. The third kappa shape index (κ3) is 8.06. The van der Waals surface area contributed by atoms with Crippen molar-refractivity contribution < 1.29 is 94.2 Å². The summed E-state index contributed by atoms with van der Waals surface area (Å²) in [5, 5.41) is 115. The molecule has 0 aromatic rings. The number of carboxylic acids is 1. The summed E-state index contributed by atoms with van der Waals surface area (Å²) in [6.45, 7) is 14.4. The van der Waals surface area contributed by atoms with Crippen LogP contribution in [0.2, 0.25) is 0 Å². The van der Waals surface area contributed by atoms with Crippen molar-refractivity contribution in [3.05, 3.63) is 11.6 Å². The zero-order valence-corrected chi connectivity index (χ0v) is 39.7. The van der Waals surface area contributed by atoms with Crippen LogP contribution in [0.5, 0.6) is 0 Å². The number of hydrogen-bond acceptors (Lipinski definition) is 18. The predicted molar refractivity (Wildman–Crippen MR) is 231 cm³/mol. The van der Waals surface area contributed by atoms with Crippen LogP contribution in [0.15, 0.2) is 11.6 Å². The van der Waals surface area contributed by atoms with Crippen molar-refractivity contribution in [2.75, 3.05) is 13.2 Å². The number of carbonyl (C=O) groups is 2. The number of aliphatic hydroxyl groups excluding tert-OH is 10. The molecule has 7 fully saturated rings. The van der Waals surface area contributed by atoms with Crippen LogP contribution in [0.25, 0.3) is 0 Å². The molecule has 0 bridgehead atoms. The number of aliphatic carboxylic acids is 1. The Hall–Kier alpha value is -1.92. The van der Waals surface area contributed by atoms with Crippen LogP contribution in [-0.2, 0) is 38.0 Å². The fourth-order valence-electron chi connectivity index (χ4n) is 15.0. The summed E-state index contributed by atoms with van der Waals surface area (Å²) in [5.74, 6) is -1.88. The number of allylic oxidation sites excluding steroid dienone is 2. The van der Waals surface area contributed by atoms with Crippen LogP contribution in [0, 0.1) is 50.2 Å². The van der Waals surface area contributed by atoms with Crippen molar-refractivity contribution in [3.63, 3.8) is 0 Å². The van der Waals surface area contributed by atoms with E-state index in [1.807, 2.05) is 0 Å². The third-order valence-corrected chi connectivity index (χ3v) is 19.3. The number of carbonyl (C=O) groups excluding carboxylic acids is 1. The highest BCUT2D eigenvalue weighted by molar-refractivity contribution is 5.79. The highest BCUT2D eigenvalue weighted by Crippen LogP contribution is 2.76. The smallest absolute Gasteiger partial charge is 0.335 e. The van der Waals surface area contributed by atoms with E-state index in [4.69, 9.17) is 28.4 Å². The highest BCUT2D eigenvalue weighted by atomic mass is 16.7. The summed E-state index contributed by atoms with van der Waals surface area (Å²) in [4.78, 5) is 27.3. The second-order valence-electron chi connectivity index (χ2n) is 23.5. The van der Waals surface area contributed by atoms with Gasteiger partial charge in [0.2, 0.25) is 6.29 Å². The van der Waals surface area contributed by atoms with E-state index in [0.717, 1.165) is 38.5 Å². The number of fused-ring (bicyclic) bond motifs is 7. The van der Waals surface area contributed by atoms with Crippen LogP contribution in [0.1, 0.15) is 113 Å². The number of ether oxygens (including phenoxy) is 6. The summed E-state index contributed by atoms with van der Waals surface area (Å²) >= 11 is 0. The molecule has 3 saturated heterocycles. The van der Waals surface area contributed by atoms with Gasteiger partial charge in [0.15, 0.2) is 18.7 Å². The molecule has 67 heavy (non-hydrogen) atoms. The normalized spacial score (nSPS) is 52.6. The van der Waals surface area contributed by atoms with Gasteiger partial charge in [-0.1, -0.05) is 60.1 Å². The fraction of sp³-hybridized carbons (Fsp3) is 0.917. The van der Waals surface area contributed by atoms with Crippen LogP contribution in [0.3, 0.4) is 0 Å². The summed E-state index contributed by atoms with van der Waals surface area (Å²) in [6, 6.07) is 0. The molecule has 11 N–H and O–H groups in total. The third-order valence-electron chi connectivity index (χ3n) is 19.3. The molecule has 0 amide bonds.